The highest BCUT2D eigenvalue weighted by atomic mass is 16.5. The second-order valence-corrected chi connectivity index (χ2v) is 16.2. The molecule has 0 fully saturated rings. The first-order valence-corrected chi connectivity index (χ1v) is 24.5. The van der Waals surface area contributed by atoms with Crippen molar-refractivity contribution in [2.24, 2.45) is 0 Å². The van der Waals surface area contributed by atoms with E-state index in [-0.39, 0.29) is 24.9 Å². The number of hydrogen-bond donors (Lipinski definition) is 3. The molecule has 0 heterocycles. The number of carbonyl (C=O) groups is 2. The van der Waals surface area contributed by atoms with Crippen LogP contribution < -0.4 is 5.32 Å². The summed E-state index contributed by atoms with van der Waals surface area (Å²) in [5.74, 6) is -0.570. The van der Waals surface area contributed by atoms with Crippen molar-refractivity contribution in [1.82, 2.24) is 5.32 Å². The van der Waals surface area contributed by atoms with Crippen molar-refractivity contribution in [3.8, 4) is 0 Å². The number of esters is 1. The Bertz CT molecular complexity index is 1210. The number of aliphatic hydroxyl groups is 2. The van der Waals surface area contributed by atoms with E-state index in [0.717, 1.165) is 83.5 Å². The molecule has 0 aliphatic carbocycles. The largest absolute Gasteiger partial charge is 0.462 e. The summed E-state index contributed by atoms with van der Waals surface area (Å²) >= 11 is 0. The molecule has 342 valence electrons. The topological polar surface area (TPSA) is 95.9 Å². The molecule has 0 spiro atoms. The molecule has 0 saturated heterocycles. The van der Waals surface area contributed by atoms with Gasteiger partial charge in [-0.2, -0.15) is 0 Å². The van der Waals surface area contributed by atoms with Gasteiger partial charge in [-0.1, -0.05) is 208 Å². The Morgan fingerprint density at radius 2 is 0.967 bits per heavy atom. The zero-order valence-electron chi connectivity index (χ0n) is 38.8. The molecule has 6 heteroatoms. The Morgan fingerprint density at radius 1 is 0.517 bits per heavy atom. The summed E-state index contributed by atoms with van der Waals surface area (Å²) in [6.07, 6.45) is 61.7. The maximum atomic E-state index is 13.2. The number of nitrogens with one attached hydrogen (secondary N) is 1. The van der Waals surface area contributed by atoms with Crippen LogP contribution in [0, 0.1) is 0 Å². The van der Waals surface area contributed by atoms with Crippen LogP contribution in [0.25, 0.3) is 0 Å². The molecule has 0 aliphatic rings. The molecule has 3 N–H and O–H groups in total. The highest BCUT2D eigenvalue weighted by Crippen LogP contribution is 2.16. The number of aliphatic hydroxyl groups excluding tert-OH is 2. The van der Waals surface area contributed by atoms with Crippen molar-refractivity contribution < 1.29 is 24.5 Å². The van der Waals surface area contributed by atoms with Crippen molar-refractivity contribution in [3.05, 3.63) is 97.2 Å². The number of rotatable bonds is 42. The molecule has 0 aromatic heterocycles. The van der Waals surface area contributed by atoms with Gasteiger partial charge in [0.25, 0.3) is 0 Å². The lowest BCUT2D eigenvalue weighted by molar-refractivity contribution is -0.151. The Hall–Kier alpha value is -3.22. The van der Waals surface area contributed by atoms with E-state index in [1.54, 1.807) is 0 Å². The summed E-state index contributed by atoms with van der Waals surface area (Å²) in [5, 5.41) is 23.7. The summed E-state index contributed by atoms with van der Waals surface area (Å²) in [5.41, 5.74) is 0. The van der Waals surface area contributed by atoms with Crippen LogP contribution in [0.3, 0.4) is 0 Å². The Balaban J connectivity index is 4.78. The Morgan fingerprint density at radius 3 is 1.55 bits per heavy atom. The first-order valence-electron chi connectivity index (χ1n) is 24.5. The van der Waals surface area contributed by atoms with Crippen LogP contribution in [0.5, 0.6) is 0 Å². The van der Waals surface area contributed by atoms with Crippen molar-refractivity contribution in [2.45, 2.75) is 225 Å². The molecule has 3 unspecified atom stereocenters. The van der Waals surface area contributed by atoms with Gasteiger partial charge < -0.3 is 20.3 Å². The maximum Gasteiger partial charge on any atom is 0.306 e. The molecular formula is C54H91NO5. The van der Waals surface area contributed by atoms with Crippen LogP contribution in [-0.2, 0) is 14.3 Å². The third kappa shape index (κ3) is 41.5. The zero-order chi connectivity index (χ0) is 43.8. The molecule has 1 amide bonds. The number of hydrogen-bond acceptors (Lipinski definition) is 5. The smallest absolute Gasteiger partial charge is 0.306 e. The van der Waals surface area contributed by atoms with Crippen LogP contribution in [0.1, 0.15) is 207 Å². The van der Waals surface area contributed by atoms with Gasteiger partial charge in [0.2, 0.25) is 5.91 Å². The Labute approximate surface area is 369 Å². The monoisotopic (exact) mass is 834 g/mol. The number of carbonyl (C=O) groups excluding carboxylic acids is 2. The lowest BCUT2D eigenvalue weighted by atomic mass is 10.0. The van der Waals surface area contributed by atoms with Crippen LogP contribution in [-0.4, -0.2) is 46.9 Å². The third-order valence-electron chi connectivity index (χ3n) is 10.5. The van der Waals surface area contributed by atoms with Gasteiger partial charge in [-0.15, -0.1) is 0 Å². The molecule has 0 saturated carbocycles. The average molecular weight is 834 g/mol. The molecule has 6 nitrogen and oxygen atoms in total. The second kappa shape index (κ2) is 46.8. The van der Waals surface area contributed by atoms with E-state index in [2.05, 4.69) is 80.8 Å². The summed E-state index contributed by atoms with van der Waals surface area (Å²) in [6.45, 7) is 6.27. The van der Waals surface area contributed by atoms with Crippen LogP contribution in [0.15, 0.2) is 97.2 Å². The molecular weight excluding hydrogens is 743 g/mol. The number of allylic oxidation sites excluding steroid dienone is 16. The average Bonchev–Trinajstić information content (AvgIpc) is 3.24. The van der Waals surface area contributed by atoms with Crippen LogP contribution in [0.4, 0.5) is 0 Å². The van der Waals surface area contributed by atoms with Crippen molar-refractivity contribution in [3.63, 3.8) is 0 Å². The fourth-order valence-corrected chi connectivity index (χ4v) is 6.81. The van der Waals surface area contributed by atoms with E-state index in [0.29, 0.717) is 19.3 Å². The van der Waals surface area contributed by atoms with Gasteiger partial charge >= 0.3 is 5.97 Å². The first-order chi connectivity index (χ1) is 29.5. The fourth-order valence-electron chi connectivity index (χ4n) is 6.81. The van der Waals surface area contributed by atoms with Gasteiger partial charge in [0.15, 0.2) is 0 Å². The van der Waals surface area contributed by atoms with Gasteiger partial charge in [0.05, 0.1) is 25.2 Å². The predicted molar refractivity (Wildman–Crippen MR) is 259 cm³/mol. The van der Waals surface area contributed by atoms with Gasteiger partial charge in [0, 0.05) is 6.42 Å². The summed E-state index contributed by atoms with van der Waals surface area (Å²) in [4.78, 5) is 26.1. The third-order valence-corrected chi connectivity index (χ3v) is 10.5. The van der Waals surface area contributed by atoms with Crippen LogP contribution >= 0.6 is 0 Å². The SMILES string of the molecule is CC/C=C/C=C/C=C\C=C/C=C/CCCCCC(=O)OC(CCCC/C=C\C/C=C\C/C=C\CCCCC)CC(=O)NC(CO)C(O)CCCCCCCCCCCCC. The molecule has 3 atom stereocenters. The minimum atomic E-state index is -0.810. The van der Waals surface area contributed by atoms with Crippen molar-refractivity contribution in [1.29, 1.82) is 0 Å². The lowest BCUT2D eigenvalue weighted by Gasteiger charge is -2.24. The normalized spacial score (nSPS) is 14.2. The fraction of sp³-hybridized carbons (Fsp3) is 0.667. The number of ether oxygens (including phenoxy) is 1. The van der Waals surface area contributed by atoms with Gasteiger partial charge in [-0.25, -0.2) is 0 Å². The van der Waals surface area contributed by atoms with Gasteiger partial charge in [-0.3, -0.25) is 9.59 Å². The summed E-state index contributed by atoms with van der Waals surface area (Å²) < 4.78 is 5.88. The van der Waals surface area contributed by atoms with Crippen molar-refractivity contribution in [2.75, 3.05) is 6.61 Å². The van der Waals surface area contributed by atoms with E-state index < -0.39 is 18.2 Å². The minimum absolute atomic E-state index is 0.0286. The van der Waals surface area contributed by atoms with Gasteiger partial charge in [-0.05, 0) is 83.5 Å². The van der Waals surface area contributed by atoms with E-state index in [4.69, 9.17) is 4.74 Å². The zero-order valence-corrected chi connectivity index (χ0v) is 38.8. The maximum absolute atomic E-state index is 13.2. The molecule has 0 radical (unpaired) electrons. The van der Waals surface area contributed by atoms with E-state index >= 15 is 0 Å². The van der Waals surface area contributed by atoms with E-state index in [1.807, 2.05) is 42.5 Å². The quantitative estimate of drug-likeness (QED) is 0.0246. The first kappa shape index (κ1) is 56.8. The van der Waals surface area contributed by atoms with Crippen LogP contribution in [0.2, 0.25) is 0 Å². The van der Waals surface area contributed by atoms with E-state index in [9.17, 15) is 19.8 Å². The lowest BCUT2D eigenvalue weighted by Crippen LogP contribution is -2.46. The number of amides is 1. The second-order valence-electron chi connectivity index (χ2n) is 16.2. The molecule has 0 aliphatic heterocycles. The standard InChI is InChI=1S/C54H91NO5/c1-4-7-10-13-16-19-22-24-26-28-31-33-36-39-42-45-50(60-54(59)47-44-41-38-35-32-29-27-25-23-20-17-14-11-8-5-2)48-53(58)55-51(49-56)52(57)46-43-40-37-34-30-21-18-15-12-9-6-3/h8,11,14,16-17,19-20,23-27,29,31-33,50-52,56-57H,4-7,9-10,12-13,15,18,21-22,28,30,34-49H2,1-3H3,(H,55,58)/b11-8+,17-14+,19-16-,23-20-,26-24-,27-25-,32-29+,33-31-. The molecule has 0 aromatic carbocycles. The molecule has 60 heavy (non-hydrogen) atoms. The molecule has 0 bridgehead atoms. The minimum Gasteiger partial charge on any atom is -0.462 e. The van der Waals surface area contributed by atoms with E-state index in [1.165, 1.54) is 77.0 Å². The summed E-state index contributed by atoms with van der Waals surface area (Å²) in [6, 6.07) is -0.728. The van der Waals surface area contributed by atoms with Gasteiger partial charge in [0.1, 0.15) is 6.10 Å². The predicted octanol–water partition coefficient (Wildman–Crippen LogP) is 14.6. The Kier molecular flexibility index (Phi) is 44.3. The highest BCUT2D eigenvalue weighted by Gasteiger charge is 2.24. The van der Waals surface area contributed by atoms with Crippen molar-refractivity contribution >= 4 is 11.9 Å². The molecule has 0 aromatic rings. The summed E-state index contributed by atoms with van der Waals surface area (Å²) in [7, 11) is 0. The highest BCUT2D eigenvalue weighted by molar-refractivity contribution is 5.77. The molecule has 0 rings (SSSR count). The number of unbranched alkanes of at least 4 members (excludes halogenated alkanes) is 18.